The van der Waals surface area contributed by atoms with E-state index in [1.165, 1.54) is 12.0 Å². The number of carbonyl (C=O) groups excluding carboxylic acids is 2. The summed E-state index contributed by atoms with van der Waals surface area (Å²) >= 11 is 0. The first kappa shape index (κ1) is 14.8. The lowest BCUT2D eigenvalue weighted by Crippen LogP contribution is -2.44. The molecule has 1 rings (SSSR count). The lowest BCUT2D eigenvalue weighted by atomic mass is 10.0. The molecule has 0 bridgehead atoms. The Bertz CT molecular complexity index is 345. The van der Waals surface area contributed by atoms with Crippen LogP contribution in [0.1, 0.15) is 34.1 Å². The molecular weight excluding hydrogens is 238 g/mol. The Morgan fingerprint density at radius 2 is 1.94 bits per heavy atom. The van der Waals surface area contributed by atoms with E-state index < -0.39 is 29.3 Å². The monoisotopic (exact) mass is 259 g/mol. The lowest BCUT2D eigenvalue weighted by Gasteiger charge is -2.27. The van der Waals surface area contributed by atoms with Crippen molar-refractivity contribution in [2.24, 2.45) is 0 Å². The molecule has 1 heterocycles. The van der Waals surface area contributed by atoms with Crippen LogP contribution in [0.25, 0.3) is 0 Å². The van der Waals surface area contributed by atoms with E-state index in [2.05, 4.69) is 4.74 Å². The van der Waals surface area contributed by atoms with Gasteiger partial charge in [0.1, 0.15) is 11.6 Å². The molecule has 2 unspecified atom stereocenters. The van der Waals surface area contributed by atoms with Crippen LogP contribution in [-0.2, 0) is 14.3 Å². The molecule has 1 amide bonds. The zero-order valence-electron chi connectivity index (χ0n) is 11.5. The van der Waals surface area contributed by atoms with Gasteiger partial charge < -0.3 is 14.6 Å². The third-order valence-electron chi connectivity index (χ3n) is 2.62. The van der Waals surface area contributed by atoms with E-state index in [1.807, 2.05) is 0 Å². The molecule has 104 valence electrons. The summed E-state index contributed by atoms with van der Waals surface area (Å²) in [5.74, 6) is -0.543. The fourth-order valence-electron chi connectivity index (χ4n) is 1.93. The fraction of sp³-hybridized carbons (Fsp3) is 0.833. The predicted molar refractivity (Wildman–Crippen MR) is 64.0 cm³/mol. The average Bonchev–Trinajstić information content (AvgIpc) is 2.51. The van der Waals surface area contributed by atoms with Crippen molar-refractivity contribution in [3.63, 3.8) is 0 Å². The van der Waals surface area contributed by atoms with E-state index in [-0.39, 0.29) is 13.0 Å². The highest BCUT2D eigenvalue weighted by Crippen LogP contribution is 2.29. The number of amides is 1. The minimum absolute atomic E-state index is 0.0572. The van der Waals surface area contributed by atoms with Gasteiger partial charge in [-0.3, -0.25) is 4.90 Å². The van der Waals surface area contributed by atoms with Crippen molar-refractivity contribution in [2.75, 3.05) is 13.7 Å². The first-order valence-electron chi connectivity index (χ1n) is 5.85. The molecule has 1 aliphatic heterocycles. The van der Waals surface area contributed by atoms with Crippen LogP contribution in [0.15, 0.2) is 0 Å². The Kier molecular flexibility index (Phi) is 3.90. The number of esters is 1. The first-order chi connectivity index (χ1) is 8.06. The highest BCUT2D eigenvalue weighted by molar-refractivity contribution is 5.82. The largest absolute Gasteiger partial charge is 0.467 e. The summed E-state index contributed by atoms with van der Waals surface area (Å²) in [6, 6.07) is -0.792. The number of rotatable bonds is 1. The maximum Gasteiger partial charge on any atom is 0.411 e. The third kappa shape index (κ3) is 3.60. The van der Waals surface area contributed by atoms with Gasteiger partial charge >= 0.3 is 12.1 Å². The third-order valence-corrected chi connectivity index (χ3v) is 2.62. The zero-order valence-corrected chi connectivity index (χ0v) is 11.5. The standard InChI is InChI=1S/C12H21NO5/c1-11(2,3)18-10(15)13-7-12(4,16)6-8(13)9(14)17-5/h8,16H,6-7H2,1-5H3. The molecule has 2 atom stereocenters. The van der Waals surface area contributed by atoms with Gasteiger partial charge in [0, 0.05) is 6.42 Å². The highest BCUT2D eigenvalue weighted by Gasteiger charge is 2.47. The van der Waals surface area contributed by atoms with E-state index in [1.54, 1.807) is 27.7 Å². The zero-order chi connectivity index (χ0) is 14.1. The van der Waals surface area contributed by atoms with E-state index in [0.29, 0.717) is 0 Å². The molecule has 18 heavy (non-hydrogen) atoms. The van der Waals surface area contributed by atoms with Gasteiger partial charge in [0.2, 0.25) is 0 Å². The molecule has 1 N–H and O–H groups in total. The molecule has 6 heteroatoms. The van der Waals surface area contributed by atoms with Crippen LogP contribution in [0.3, 0.4) is 0 Å². The maximum absolute atomic E-state index is 12.0. The van der Waals surface area contributed by atoms with Gasteiger partial charge in [-0.05, 0) is 27.7 Å². The van der Waals surface area contributed by atoms with Crippen LogP contribution >= 0.6 is 0 Å². The SMILES string of the molecule is COC(=O)C1CC(C)(O)CN1C(=O)OC(C)(C)C. The van der Waals surface area contributed by atoms with Crippen molar-refractivity contribution in [1.82, 2.24) is 4.90 Å². The number of methoxy groups -OCH3 is 1. The summed E-state index contributed by atoms with van der Waals surface area (Å²) < 4.78 is 9.85. The number of hydrogen-bond donors (Lipinski definition) is 1. The van der Waals surface area contributed by atoms with Gasteiger partial charge in [-0.2, -0.15) is 0 Å². The molecule has 1 aliphatic rings. The molecule has 0 aromatic rings. The number of carbonyl (C=O) groups is 2. The van der Waals surface area contributed by atoms with Crippen LogP contribution in [-0.4, -0.2) is 53.0 Å². The Hall–Kier alpha value is -1.30. The molecule has 0 aromatic heterocycles. The van der Waals surface area contributed by atoms with Gasteiger partial charge in [0.05, 0.1) is 19.3 Å². The van der Waals surface area contributed by atoms with E-state index >= 15 is 0 Å². The number of hydrogen-bond acceptors (Lipinski definition) is 5. The van der Waals surface area contributed by atoms with Gasteiger partial charge in [-0.1, -0.05) is 0 Å². The van der Waals surface area contributed by atoms with E-state index in [4.69, 9.17) is 4.74 Å². The second-order valence-electron chi connectivity index (χ2n) is 5.85. The van der Waals surface area contributed by atoms with E-state index in [9.17, 15) is 14.7 Å². The summed E-state index contributed by atoms with van der Waals surface area (Å²) in [5.41, 5.74) is -1.75. The lowest BCUT2D eigenvalue weighted by molar-refractivity contribution is -0.145. The molecule has 0 aliphatic carbocycles. The summed E-state index contributed by atoms with van der Waals surface area (Å²) in [6.45, 7) is 6.86. The molecular formula is C12H21NO5. The maximum atomic E-state index is 12.0. The molecule has 6 nitrogen and oxygen atoms in total. The quantitative estimate of drug-likeness (QED) is 0.709. The van der Waals surface area contributed by atoms with Gasteiger partial charge in [-0.25, -0.2) is 9.59 Å². The smallest absolute Gasteiger partial charge is 0.411 e. The van der Waals surface area contributed by atoms with Crippen molar-refractivity contribution in [3.8, 4) is 0 Å². The Morgan fingerprint density at radius 3 is 2.39 bits per heavy atom. The van der Waals surface area contributed by atoms with Gasteiger partial charge in [0.15, 0.2) is 0 Å². The minimum atomic E-state index is -1.10. The topological polar surface area (TPSA) is 76.1 Å². The predicted octanol–water partition coefficient (Wildman–Crippen LogP) is 0.920. The molecule has 0 saturated carbocycles. The van der Waals surface area contributed by atoms with Crippen molar-refractivity contribution < 1.29 is 24.2 Å². The average molecular weight is 259 g/mol. The highest BCUT2D eigenvalue weighted by atomic mass is 16.6. The number of β-amino-alcohol motifs (C(OH)–C–C–N with tert-alkyl or cyclic N) is 1. The number of ether oxygens (including phenoxy) is 2. The van der Waals surface area contributed by atoms with Gasteiger partial charge in [0.25, 0.3) is 0 Å². The second-order valence-corrected chi connectivity index (χ2v) is 5.85. The summed E-state index contributed by atoms with van der Waals surface area (Å²) in [4.78, 5) is 24.8. The van der Waals surface area contributed by atoms with Crippen LogP contribution < -0.4 is 0 Å². The van der Waals surface area contributed by atoms with Gasteiger partial charge in [-0.15, -0.1) is 0 Å². The van der Waals surface area contributed by atoms with Crippen LogP contribution in [0.5, 0.6) is 0 Å². The number of nitrogens with zero attached hydrogens (tertiary/aromatic N) is 1. The van der Waals surface area contributed by atoms with Crippen molar-refractivity contribution in [1.29, 1.82) is 0 Å². The van der Waals surface area contributed by atoms with Crippen molar-refractivity contribution in [3.05, 3.63) is 0 Å². The second kappa shape index (κ2) is 4.76. The Labute approximate surface area is 107 Å². The van der Waals surface area contributed by atoms with Crippen molar-refractivity contribution >= 4 is 12.1 Å². The fourth-order valence-corrected chi connectivity index (χ4v) is 1.93. The minimum Gasteiger partial charge on any atom is -0.467 e. The van der Waals surface area contributed by atoms with E-state index in [0.717, 1.165) is 0 Å². The molecule has 0 spiro atoms. The molecule has 1 saturated heterocycles. The van der Waals surface area contributed by atoms with Crippen LogP contribution in [0.4, 0.5) is 4.79 Å². The molecule has 0 radical (unpaired) electrons. The summed E-state index contributed by atoms with van der Waals surface area (Å²) in [5, 5.41) is 9.97. The molecule has 0 aromatic carbocycles. The summed E-state index contributed by atoms with van der Waals surface area (Å²) in [7, 11) is 1.25. The van der Waals surface area contributed by atoms with Crippen LogP contribution in [0.2, 0.25) is 0 Å². The number of likely N-dealkylation sites (tertiary alicyclic amines) is 1. The summed E-state index contributed by atoms with van der Waals surface area (Å²) in [6.07, 6.45) is -0.463. The number of aliphatic hydroxyl groups is 1. The normalized spacial score (nSPS) is 28.1. The first-order valence-corrected chi connectivity index (χ1v) is 5.85. The van der Waals surface area contributed by atoms with Crippen LogP contribution in [0, 0.1) is 0 Å². The Balaban J connectivity index is 2.84. The van der Waals surface area contributed by atoms with Crippen molar-refractivity contribution in [2.45, 2.75) is 51.4 Å². The molecule has 1 fully saturated rings. The Morgan fingerprint density at radius 1 is 1.39 bits per heavy atom.